The Morgan fingerprint density at radius 1 is 1.32 bits per heavy atom. The maximum absolute atomic E-state index is 14.4. The van der Waals surface area contributed by atoms with Crippen molar-refractivity contribution in [3.63, 3.8) is 0 Å². The molecule has 2 saturated heterocycles. The van der Waals surface area contributed by atoms with Gasteiger partial charge in [0.2, 0.25) is 0 Å². The molecule has 4 rings (SSSR count). The molecule has 0 bridgehead atoms. The number of fused-ring (bicyclic) bond motifs is 1. The number of carbonyl (C=O) groups is 1. The number of aliphatic hydroxyl groups is 1. The van der Waals surface area contributed by atoms with Gasteiger partial charge in [-0.2, -0.15) is 0 Å². The molecule has 0 radical (unpaired) electrons. The van der Waals surface area contributed by atoms with Gasteiger partial charge in [0, 0.05) is 38.2 Å². The number of anilines is 1. The summed E-state index contributed by atoms with van der Waals surface area (Å²) in [6.07, 6.45) is 0.667. The molecule has 0 unspecified atom stereocenters. The number of ether oxygens (including phenoxy) is 3. The molecular formula is C24H36F2N6O5. The molecule has 2 aliphatic rings. The van der Waals surface area contributed by atoms with E-state index in [0.717, 1.165) is 0 Å². The summed E-state index contributed by atoms with van der Waals surface area (Å²) in [6.45, 7) is 7.99. The molecule has 0 aromatic carbocycles. The monoisotopic (exact) mass is 526 g/mol. The van der Waals surface area contributed by atoms with E-state index in [1.807, 2.05) is 0 Å². The third kappa shape index (κ3) is 6.83. The summed E-state index contributed by atoms with van der Waals surface area (Å²) >= 11 is 0. The molecule has 0 aliphatic carbocycles. The molecule has 2 aromatic heterocycles. The Kier molecular flexibility index (Phi) is 7.36. The Labute approximate surface area is 214 Å². The van der Waals surface area contributed by atoms with Crippen molar-refractivity contribution in [2.45, 2.75) is 89.2 Å². The third-order valence-corrected chi connectivity index (χ3v) is 6.20. The van der Waals surface area contributed by atoms with Crippen LogP contribution >= 0.6 is 0 Å². The molecule has 2 fully saturated rings. The molecule has 4 atom stereocenters. The summed E-state index contributed by atoms with van der Waals surface area (Å²) in [5.74, 6) is -4.02. The molecule has 2 aromatic rings. The predicted molar refractivity (Wildman–Crippen MR) is 131 cm³/mol. The number of carbonyl (C=O) groups excluding carboxylic acids is 1. The van der Waals surface area contributed by atoms with Crippen LogP contribution in [0, 0.1) is 0 Å². The fourth-order valence-electron chi connectivity index (χ4n) is 4.91. The maximum Gasteiger partial charge on any atom is 0.407 e. The normalized spacial score (nSPS) is 26.6. The Morgan fingerprint density at radius 3 is 2.73 bits per heavy atom. The van der Waals surface area contributed by atoms with Crippen LogP contribution in [0.5, 0.6) is 0 Å². The molecule has 4 heterocycles. The van der Waals surface area contributed by atoms with E-state index in [2.05, 4.69) is 15.3 Å². The lowest BCUT2D eigenvalue weighted by molar-refractivity contribution is -0.222. The second kappa shape index (κ2) is 9.93. The van der Waals surface area contributed by atoms with Gasteiger partial charge in [-0.05, 0) is 40.7 Å². The first-order chi connectivity index (χ1) is 17.1. The number of aromatic nitrogens is 3. The number of nitrogens with zero attached hydrogens (tertiary/aromatic N) is 4. The molecule has 206 valence electrons. The second-order valence-corrected chi connectivity index (χ2v) is 11.2. The summed E-state index contributed by atoms with van der Waals surface area (Å²) in [4.78, 5) is 22.0. The third-order valence-electron chi connectivity index (χ3n) is 6.20. The Balaban J connectivity index is 1.49. The summed E-state index contributed by atoms with van der Waals surface area (Å²) < 4.78 is 48.0. The number of nitrogens with two attached hydrogens (primary N) is 1. The highest BCUT2D eigenvalue weighted by Gasteiger charge is 2.48. The zero-order valence-electron chi connectivity index (χ0n) is 21.8. The van der Waals surface area contributed by atoms with Crippen LogP contribution in [0.15, 0.2) is 18.6 Å². The Bertz CT molecular complexity index is 1120. The van der Waals surface area contributed by atoms with Crippen LogP contribution in [0.4, 0.5) is 19.4 Å². The fourth-order valence-corrected chi connectivity index (χ4v) is 4.91. The van der Waals surface area contributed by atoms with Crippen molar-refractivity contribution in [2.24, 2.45) is 0 Å². The minimum absolute atomic E-state index is 0.0166. The molecule has 0 spiro atoms. The molecule has 2 aliphatic heterocycles. The Morgan fingerprint density at radius 2 is 2.05 bits per heavy atom. The number of amides is 1. The zero-order chi connectivity index (χ0) is 27.2. The molecule has 0 saturated carbocycles. The lowest BCUT2D eigenvalue weighted by Crippen LogP contribution is -2.44. The number of halogens is 2. The first-order valence-electron chi connectivity index (χ1n) is 12.3. The van der Waals surface area contributed by atoms with Gasteiger partial charge in [-0.3, -0.25) is 4.90 Å². The minimum atomic E-state index is -2.90. The van der Waals surface area contributed by atoms with E-state index in [-0.39, 0.29) is 19.5 Å². The summed E-state index contributed by atoms with van der Waals surface area (Å²) in [6, 6.07) is 1.17. The van der Waals surface area contributed by atoms with Crippen LogP contribution in [0.25, 0.3) is 11.0 Å². The number of hydrogen-bond donors (Lipinski definition) is 3. The smallest absolute Gasteiger partial charge is 0.407 e. The van der Waals surface area contributed by atoms with E-state index >= 15 is 0 Å². The van der Waals surface area contributed by atoms with Crippen LogP contribution in [-0.2, 0) is 14.2 Å². The second-order valence-electron chi connectivity index (χ2n) is 11.2. The minimum Gasteiger partial charge on any atom is -0.444 e. The van der Waals surface area contributed by atoms with Crippen molar-refractivity contribution in [3.8, 4) is 0 Å². The largest absolute Gasteiger partial charge is 0.444 e. The van der Waals surface area contributed by atoms with E-state index in [0.29, 0.717) is 23.3 Å². The topological polar surface area (TPSA) is 137 Å². The van der Waals surface area contributed by atoms with Gasteiger partial charge in [0.05, 0.1) is 18.0 Å². The van der Waals surface area contributed by atoms with Gasteiger partial charge in [0.1, 0.15) is 29.5 Å². The molecule has 37 heavy (non-hydrogen) atoms. The number of likely N-dealkylation sites (tertiary alicyclic amines) is 1. The molecule has 13 heteroatoms. The average Bonchev–Trinajstić information content (AvgIpc) is 3.39. The molecule has 4 N–H and O–H groups in total. The highest BCUT2D eigenvalue weighted by Crippen LogP contribution is 2.38. The summed E-state index contributed by atoms with van der Waals surface area (Å²) in [7, 11) is 0. The maximum atomic E-state index is 14.4. The zero-order valence-corrected chi connectivity index (χ0v) is 21.8. The van der Waals surface area contributed by atoms with Crippen molar-refractivity contribution < 1.29 is 32.9 Å². The number of hydrogen-bond acceptors (Lipinski definition) is 9. The van der Waals surface area contributed by atoms with Gasteiger partial charge in [-0.1, -0.05) is 0 Å². The van der Waals surface area contributed by atoms with Gasteiger partial charge in [0.25, 0.3) is 5.92 Å². The molecule has 11 nitrogen and oxygen atoms in total. The lowest BCUT2D eigenvalue weighted by Gasteiger charge is -2.27. The SMILES string of the molecule is CC(C)(C)OC(=O)NC[C@@H]1CC(F)(F)CN1C[C@@H]1C[C@@H](OC(C)(C)O)[C@H](n2ccc3c(N)ncnc32)O1. The van der Waals surface area contributed by atoms with Gasteiger partial charge >= 0.3 is 6.09 Å². The van der Waals surface area contributed by atoms with Gasteiger partial charge in [0.15, 0.2) is 12.0 Å². The van der Waals surface area contributed by atoms with Crippen molar-refractivity contribution in [1.82, 2.24) is 24.8 Å². The van der Waals surface area contributed by atoms with Gasteiger partial charge in [-0.15, -0.1) is 0 Å². The highest BCUT2D eigenvalue weighted by molar-refractivity contribution is 5.86. The summed E-state index contributed by atoms with van der Waals surface area (Å²) in [5, 5.41) is 13.6. The standard InChI is InChI=1S/C24H36F2N6O5/c1-22(2,3)37-21(33)28-10-14-9-24(25,26)12-31(14)11-15-8-17(36-23(4,5)34)20(35-15)32-7-6-16-18(27)29-13-30-19(16)32/h6-7,13-15,17,20,34H,8-12H2,1-5H3,(H,28,33)(H2,27,29,30)/t14-,15-,17+,20+/m0/s1. The fraction of sp³-hybridized carbons (Fsp3) is 0.708. The average molecular weight is 527 g/mol. The van der Waals surface area contributed by atoms with Crippen LogP contribution < -0.4 is 11.1 Å². The highest BCUT2D eigenvalue weighted by atomic mass is 19.3. The molecule has 1 amide bonds. The van der Waals surface area contributed by atoms with E-state index < -0.39 is 54.4 Å². The van der Waals surface area contributed by atoms with Crippen LogP contribution in [-0.4, -0.2) is 85.8 Å². The quantitative estimate of drug-likeness (QED) is 0.465. The first kappa shape index (κ1) is 27.4. The number of alkyl carbamates (subject to hydrolysis) is 1. The predicted octanol–water partition coefficient (Wildman–Crippen LogP) is 2.65. The number of rotatable bonds is 7. The lowest BCUT2D eigenvalue weighted by atomic mass is 10.1. The van der Waals surface area contributed by atoms with E-state index in [9.17, 15) is 18.7 Å². The number of nitrogen functional groups attached to an aromatic ring is 1. The first-order valence-corrected chi connectivity index (χ1v) is 12.3. The Hall–Kier alpha value is -2.61. The van der Waals surface area contributed by atoms with Crippen molar-refractivity contribution in [2.75, 3.05) is 25.4 Å². The van der Waals surface area contributed by atoms with E-state index in [1.165, 1.54) is 20.2 Å². The van der Waals surface area contributed by atoms with Crippen LogP contribution in [0.3, 0.4) is 0 Å². The van der Waals surface area contributed by atoms with Crippen molar-refractivity contribution >= 4 is 22.9 Å². The number of nitrogens with one attached hydrogen (secondary N) is 1. The molecular weight excluding hydrogens is 490 g/mol. The van der Waals surface area contributed by atoms with Crippen LogP contribution in [0.1, 0.15) is 53.7 Å². The van der Waals surface area contributed by atoms with Crippen LogP contribution in [0.2, 0.25) is 0 Å². The van der Waals surface area contributed by atoms with Gasteiger partial charge in [-0.25, -0.2) is 23.5 Å². The number of alkyl halides is 2. The van der Waals surface area contributed by atoms with Crippen molar-refractivity contribution in [1.29, 1.82) is 0 Å². The van der Waals surface area contributed by atoms with E-state index in [1.54, 1.807) is 42.5 Å². The van der Waals surface area contributed by atoms with E-state index in [4.69, 9.17) is 19.9 Å². The van der Waals surface area contributed by atoms with Crippen molar-refractivity contribution in [3.05, 3.63) is 18.6 Å². The van der Waals surface area contributed by atoms with Gasteiger partial charge < -0.3 is 34.9 Å². The summed E-state index contributed by atoms with van der Waals surface area (Å²) in [5.41, 5.74) is 5.82.